The lowest BCUT2D eigenvalue weighted by Crippen LogP contribution is -2.15. The number of carbonyl (C=O) groups is 2. The maximum absolute atomic E-state index is 12.0. The van der Waals surface area contributed by atoms with Gasteiger partial charge in [-0.1, -0.05) is 17.7 Å². The Kier molecular flexibility index (Phi) is 6.23. The molecule has 3 aromatic rings. The van der Waals surface area contributed by atoms with Gasteiger partial charge in [-0.25, -0.2) is 4.79 Å². The zero-order chi connectivity index (χ0) is 20.8. The van der Waals surface area contributed by atoms with Gasteiger partial charge in [0, 0.05) is 11.1 Å². The number of rotatable bonds is 8. The summed E-state index contributed by atoms with van der Waals surface area (Å²) in [4.78, 5) is 23.4. The summed E-state index contributed by atoms with van der Waals surface area (Å²) < 4.78 is 21.2. The van der Waals surface area contributed by atoms with Crippen LogP contribution < -0.4 is 9.47 Å². The largest absolute Gasteiger partial charge is 0.493 e. The molecule has 0 aliphatic rings. The molecule has 0 fully saturated rings. The number of Topliss-reactive ketones (excluding diaryl/α,β-unsaturated/α-hetero) is 1. The molecule has 8 nitrogen and oxygen atoms in total. The normalized spacial score (nSPS) is 10.4. The van der Waals surface area contributed by atoms with Gasteiger partial charge in [-0.15, -0.1) is 10.2 Å². The van der Waals surface area contributed by atoms with E-state index in [0.29, 0.717) is 23.0 Å². The van der Waals surface area contributed by atoms with E-state index in [1.807, 2.05) is 31.2 Å². The smallest absolute Gasteiger partial charge is 0.344 e. The standard InChI is InChI=1S/C21H20N2O6/c1-13-5-4-6-16(9-13)21-23-22-19(29-21)11-28-20(25)12-27-17-8-7-15(14(2)24)10-18(17)26-3/h4-10H,11-12H2,1-3H3. The fourth-order valence-corrected chi connectivity index (χ4v) is 2.53. The second-order valence-electron chi connectivity index (χ2n) is 6.24. The third kappa shape index (κ3) is 5.19. The SMILES string of the molecule is COc1cc(C(C)=O)ccc1OCC(=O)OCc1nnc(-c2cccc(C)c2)o1. The second-order valence-corrected chi connectivity index (χ2v) is 6.24. The summed E-state index contributed by atoms with van der Waals surface area (Å²) in [5.74, 6) is 0.501. The lowest BCUT2D eigenvalue weighted by Gasteiger charge is -2.11. The van der Waals surface area contributed by atoms with Crippen LogP contribution >= 0.6 is 0 Å². The number of nitrogens with zero attached hydrogens (tertiary/aromatic N) is 2. The number of aromatic nitrogens is 2. The first-order chi connectivity index (χ1) is 14.0. The van der Waals surface area contributed by atoms with Crippen molar-refractivity contribution < 1.29 is 28.2 Å². The highest BCUT2D eigenvalue weighted by molar-refractivity contribution is 5.94. The van der Waals surface area contributed by atoms with Crippen LogP contribution in [-0.4, -0.2) is 35.7 Å². The number of hydrogen-bond donors (Lipinski definition) is 0. The van der Waals surface area contributed by atoms with E-state index < -0.39 is 5.97 Å². The molecule has 0 bridgehead atoms. The molecular formula is C21H20N2O6. The predicted molar refractivity (Wildman–Crippen MR) is 103 cm³/mol. The fourth-order valence-electron chi connectivity index (χ4n) is 2.53. The summed E-state index contributed by atoms with van der Waals surface area (Å²) in [5.41, 5.74) is 2.34. The van der Waals surface area contributed by atoms with Crippen LogP contribution in [0.2, 0.25) is 0 Å². The van der Waals surface area contributed by atoms with Crippen molar-refractivity contribution in [3.63, 3.8) is 0 Å². The fraction of sp³-hybridized carbons (Fsp3) is 0.238. The van der Waals surface area contributed by atoms with Crippen LogP contribution in [0.4, 0.5) is 0 Å². The van der Waals surface area contributed by atoms with Crippen LogP contribution in [0.3, 0.4) is 0 Å². The second kappa shape index (κ2) is 9.01. The summed E-state index contributed by atoms with van der Waals surface area (Å²) in [6.45, 7) is 2.91. The summed E-state index contributed by atoms with van der Waals surface area (Å²) in [6.07, 6.45) is 0. The van der Waals surface area contributed by atoms with E-state index in [4.69, 9.17) is 18.6 Å². The van der Waals surface area contributed by atoms with Crippen LogP contribution in [0, 0.1) is 6.92 Å². The number of benzene rings is 2. The van der Waals surface area contributed by atoms with Gasteiger partial charge in [0.15, 0.2) is 30.5 Å². The Morgan fingerprint density at radius 3 is 2.62 bits per heavy atom. The van der Waals surface area contributed by atoms with E-state index in [-0.39, 0.29) is 24.9 Å². The molecule has 0 N–H and O–H groups in total. The van der Waals surface area contributed by atoms with Crippen molar-refractivity contribution in [2.24, 2.45) is 0 Å². The minimum atomic E-state index is -0.613. The van der Waals surface area contributed by atoms with Gasteiger partial charge in [-0.2, -0.15) is 0 Å². The number of ketones is 1. The molecule has 1 heterocycles. The van der Waals surface area contributed by atoms with E-state index in [2.05, 4.69) is 10.2 Å². The topological polar surface area (TPSA) is 101 Å². The van der Waals surface area contributed by atoms with Gasteiger partial charge in [0.2, 0.25) is 5.89 Å². The van der Waals surface area contributed by atoms with E-state index >= 15 is 0 Å². The van der Waals surface area contributed by atoms with Crippen molar-refractivity contribution in [3.8, 4) is 23.0 Å². The molecule has 0 saturated heterocycles. The zero-order valence-electron chi connectivity index (χ0n) is 16.3. The molecule has 0 aliphatic carbocycles. The number of hydrogen-bond acceptors (Lipinski definition) is 8. The quantitative estimate of drug-likeness (QED) is 0.422. The van der Waals surface area contributed by atoms with Crippen molar-refractivity contribution in [1.29, 1.82) is 0 Å². The molecule has 0 atom stereocenters. The summed E-state index contributed by atoms with van der Waals surface area (Å²) >= 11 is 0. The third-order valence-corrected chi connectivity index (χ3v) is 4.00. The minimum absolute atomic E-state index is 0.0983. The Morgan fingerprint density at radius 2 is 1.90 bits per heavy atom. The summed E-state index contributed by atoms with van der Waals surface area (Å²) in [7, 11) is 1.45. The zero-order valence-corrected chi connectivity index (χ0v) is 16.3. The molecule has 2 aromatic carbocycles. The molecule has 1 aromatic heterocycles. The van der Waals surface area contributed by atoms with Crippen LogP contribution in [-0.2, 0) is 16.1 Å². The number of carbonyl (C=O) groups excluding carboxylic acids is 2. The van der Waals surface area contributed by atoms with E-state index in [1.54, 1.807) is 18.2 Å². The molecule has 29 heavy (non-hydrogen) atoms. The Bertz CT molecular complexity index is 1030. The Hall–Kier alpha value is -3.68. The highest BCUT2D eigenvalue weighted by atomic mass is 16.6. The molecule has 0 unspecified atom stereocenters. The van der Waals surface area contributed by atoms with Gasteiger partial charge >= 0.3 is 5.97 Å². The van der Waals surface area contributed by atoms with Crippen molar-refractivity contribution >= 4 is 11.8 Å². The molecule has 0 saturated carbocycles. The third-order valence-electron chi connectivity index (χ3n) is 4.00. The van der Waals surface area contributed by atoms with Crippen molar-refractivity contribution in [2.75, 3.05) is 13.7 Å². The average molecular weight is 396 g/mol. The van der Waals surface area contributed by atoms with Gasteiger partial charge in [-0.05, 0) is 44.2 Å². The molecule has 8 heteroatoms. The maximum atomic E-state index is 12.0. The summed E-state index contributed by atoms with van der Waals surface area (Å²) in [5, 5.41) is 7.84. The first-order valence-electron chi connectivity index (χ1n) is 8.83. The number of methoxy groups -OCH3 is 1. The first-order valence-corrected chi connectivity index (χ1v) is 8.83. The lowest BCUT2D eigenvalue weighted by atomic mass is 10.1. The van der Waals surface area contributed by atoms with Gasteiger partial charge in [-0.3, -0.25) is 4.79 Å². The lowest BCUT2D eigenvalue weighted by molar-refractivity contribution is -0.148. The maximum Gasteiger partial charge on any atom is 0.344 e. The Morgan fingerprint density at radius 1 is 1.07 bits per heavy atom. The van der Waals surface area contributed by atoms with E-state index in [0.717, 1.165) is 11.1 Å². The van der Waals surface area contributed by atoms with Crippen LogP contribution in [0.15, 0.2) is 46.9 Å². The van der Waals surface area contributed by atoms with Crippen LogP contribution in [0.5, 0.6) is 11.5 Å². The molecule has 150 valence electrons. The van der Waals surface area contributed by atoms with Gasteiger partial charge < -0.3 is 18.6 Å². The average Bonchev–Trinajstić information content (AvgIpc) is 3.19. The predicted octanol–water partition coefficient (Wildman–Crippen LogP) is 3.38. The summed E-state index contributed by atoms with van der Waals surface area (Å²) in [6, 6.07) is 12.3. The molecule has 0 spiro atoms. The minimum Gasteiger partial charge on any atom is -0.493 e. The van der Waals surface area contributed by atoms with Gasteiger partial charge in [0.05, 0.1) is 7.11 Å². The monoisotopic (exact) mass is 396 g/mol. The van der Waals surface area contributed by atoms with E-state index in [9.17, 15) is 9.59 Å². The molecular weight excluding hydrogens is 376 g/mol. The number of ether oxygens (including phenoxy) is 3. The number of esters is 1. The van der Waals surface area contributed by atoms with Crippen molar-refractivity contribution in [2.45, 2.75) is 20.5 Å². The highest BCUT2D eigenvalue weighted by Crippen LogP contribution is 2.28. The highest BCUT2D eigenvalue weighted by Gasteiger charge is 2.13. The van der Waals surface area contributed by atoms with Crippen LogP contribution in [0.1, 0.15) is 28.7 Å². The van der Waals surface area contributed by atoms with Gasteiger partial charge in [0.1, 0.15) is 0 Å². The van der Waals surface area contributed by atoms with E-state index in [1.165, 1.54) is 14.0 Å². The molecule has 0 radical (unpaired) electrons. The Balaban J connectivity index is 1.54. The number of aryl methyl sites for hydroxylation is 1. The molecule has 0 aliphatic heterocycles. The molecule has 0 amide bonds. The Labute approximate surface area is 167 Å². The molecule has 3 rings (SSSR count). The van der Waals surface area contributed by atoms with Crippen molar-refractivity contribution in [3.05, 3.63) is 59.5 Å². The first kappa shape index (κ1) is 20.1. The van der Waals surface area contributed by atoms with Gasteiger partial charge in [0.25, 0.3) is 5.89 Å². The van der Waals surface area contributed by atoms with Crippen LogP contribution in [0.25, 0.3) is 11.5 Å². The van der Waals surface area contributed by atoms with Crippen molar-refractivity contribution in [1.82, 2.24) is 10.2 Å².